The zero-order valence-electron chi connectivity index (χ0n) is 12.4. The first-order valence-corrected chi connectivity index (χ1v) is 6.77. The van der Waals surface area contributed by atoms with Gasteiger partial charge in [0.1, 0.15) is 11.6 Å². The molecule has 1 amide bonds. The van der Waals surface area contributed by atoms with Gasteiger partial charge in [-0.3, -0.25) is 4.79 Å². The van der Waals surface area contributed by atoms with Crippen molar-refractivity contribution in [2.24, 2.45) is 0 Å². The Morgan fingerprint density at radius 2 is 2.14 bits per heavy atom. The summed E-state index contributed by atoms with van der Waals surface area (Å²) in [6.07, 6.45) is 1.10. The number of pyridine rings is 1. The molecule has 0 spiro atoms. The maximum absolute atomic E-state index is 13.4. The lowest BCUT2D eigenvalue weighted by molar-refractivity contribution is 0.0993. The van der Waals surface area contributed by atoms with Crippen LogP contribution in [0, 0.1) is 12.7 Å². The number of aromatic nitrogens is 1. The third-order valence-corrected chi connectivity index (χ3v) is 3.12. The van der Waals surface area contributed by atoms with Crippen LogP contribution in [0.4, 0.5) is 15.9 Å². The molecule has 0 fully saturated rings. The summed E-state index contributed by atoms with van der Waals surface area (Å²) >= 11 is 0. The van der Waals surface area contributed by atoms with Gasteiger partial charge in [-0.1, -0.05) is 12.1 Å². The largest absolute Gasteiger partial charge is 0.370 e. The second kappa shape index (κ2) is 6.35. The van der Waals surface area contributed by atoms with Gasteiger partial charge in [-0.2, -0.15) is 0 Å². The lowest BCUT2D eigenvalue weighted by Gasteiger charge is -2.19. The average Bonchev–Trinajstić information content (AvgIpc) is 2.48. The summed E-state index contributed by atoms with van der Waals surface area (Å²) in [6.45, 7) is 4.45. The Bertz CT molecular complexity index is 658. The zero-order valence-corrected chi connectivity index (χ0v) is 12.4. The first kappa shape index (κ1) is 15.0. The van der Waals surface area contributed by atoms with Crippen LogP contribution in [-0.2, 0) is 0 Å². The summed E-state index contributed by atoms with van der Waals surface area (Å²) in [5.74, 6) is -0.440. The van der Waals surface area contributed by atoms with Crippen molar-refractivity contribution in [1.29, 1.82) is 0 Å². The minimum Gasteiger partial charge on any atom is -0.370 e. The van der Waals surface area contributed by atoms with Crippen LogP contribution in [0.5, 0.6) is 0 Å². The standard InChI is InChI=1S/C16H18FN3O/c1-4-18-15-14(9-12(17)10-19-15)16(21)20(3)13-7-5-6-11(2)8-13/h5-10H,4H2,1-3H3,(H,18,19). The second-order valence-corrected chi connectivity index (χ2v) is 4.78. The van der Waals surface area contributed by atoms with E-state index in [1.165, 1.54) is 11.0 Å². The van der Waals surface area contributed by atoms with Crippen molar-refractivity contribution < 1.29 is 9.18 Å². The molecule has 0 aliphatic rings. The average molecular weight is 287 g/mol. The number of halogens is 1. The maximum Gasteiger partial charge on any atom is 0.261 e. The molecule has 4 nitrogen and oxygen atoms in total. The summed E-state index contributed by atoms with van der Waals surface area (Å²) < 4.78 is 13.4. The predicted molar refractivity (Wildman–Crippen MR) is 82.3 cm³/mol. The third kappa shape index (κ3) is 3.37. The molecule has 1 heterocycles. The van der Waals surface area contributed by atoms with E-state index in [1.54, 1.807) is 7.05 Å². The van der Waals surface area contributed by atoms with Crippen LogP contribution in [0.25, 0.3) is 0 Å². The lowest BCUT2D eigenvalue weighted by atomic mass is 10.1. The number of nitrogens with zero attached hydrogens (tertiary/aromatic N) is 2. The van der Waals surface area contributed by atoms with E-state index in [1.807, 2.05) is 38.1 Å². The molecule has 0 atom stereocenters. The number of rotatable bonds is 4. The number of aryl methyl sites for hydroxylation is 1. The Kier molecular flexibility index (Phi) is 4.52. The molecule has 21 heavy (non-hydrogen) atoms. The fourth-order valence-electron chi connectivity index (χ4n) is 2.05. The Morgan fingerprint density at radius 1 is 1.38 bits per heavy atom. The summed E-state index contributed by atoms with van der Waals surface area (Å²) in [6, 6.07) is 8.78. The fourth-order valence-corrected chi connectivity index (χ4v) is 2.05. The summed E-state index contributed by atoms with van der Waals surface area (Å²) in [7, 11) is 1.66. The number of hydrogen-bond acceptors (Lipinski definition) is 3. The first-order chi connectivity index (χ1) is 10.0. The molecule has 2 aromatic rings. The van der Waals surface area contributed by atoms with Crippen LogP contribution in [0.15, 0.2) is 36.5 Å². The van der Waals surface area contributed by atoms with Gasteiger partial charge in [0.25, 0.3) is 5.91 Å². The molecule has 1 aromatic heterocycles. The van der Waals surface area contributed by atoms with Gasteiger partial charge in [0.2, 0.25) is 0 Å². The van der Waals surface area contributed by atoms with Crippen molar-refractivity contribution in [3.63, 3.8) is 0 Å². The monoisotopic (exact) mass is 287 g/mol. The molecule has 2 rings (SSSR count). The van der Waals surface area contributed by atoms with Crippen molar-refractivity contribution in [3.05, 3.63) is 53.5 Å². The molecule has 1 N–H and O–H groups in total. The number of carbonyl (C=O) groups excluding carboxylic acids is 1. The van der Waals surface area contributed by atoms with Crippen LogP contribution in [0.3, 0.4) is 0 Å². The first-order valence-electron chi connectivity index (χ1n) is 6.77. The smallest absolute Gasteiger partial charge is 0.261 e. The summed E-state index contributed by atoms with van der Waals surface area (Å²) in [5.41, 5.74) is 2.03. The zero-order chi connectivity index (χ0) is 15.4. The molecule has 1 aromatic carbocycles. The Morgan fingerprint density at radius 3 is 2.81 bits per heavy atom. The van der Waals surface area contributed by atoms with Crippen LogP contribution in [0.1, 0.15) is 22.8 Å². The highest BCUT2D eigenvalue weighted by Gasteiger charge is 2.19. The van der Waals surface area contributed by atoms with Gasteiger partial charge in [-0.05, 0) is 37.6 Å². The molecular formula is C16H18FN3O. The van der Waals surface area contributed by atoms with E-state index in [2.05, 4.69) is 10.3 Å². The Labute approximate surface area is 123 Å². The maximum atomic E-state index is 13.4. The molecular weight excluding hydrogens is 269 g/mol. The fraction of sp³-hybridized carbons (Fsp3) is 0.250. The number of nitrogens with one attached hydrogen (secondary N) is 1. The summed E-state index contributed by atoms with van der Waals surface area (Å²) in [5, 5.41) is 2.98. The quantitative estimate of drug-likeness (QED) is 0.939. The minimum atomic E-state index is -0.530. The van der Waals surface area contributed by atoms with Crippen molar-refractivity contribution >= 4 is 17.4 Å². The van der Waals surface area contributed by atoms with Crippen LogP contribution in [0.2, 0.25) is 0 Å². The summed E-state index contributed by atoms with van der Waals surface area (Å²) in [4.78, 5) is 18.0. The van der Waals surface area contributed by atoms with Crippen molar-refractivity contribution in [3.8, 4) is 0 Å². The highest BCUT2D eigenvalue weighted by atomic mass is 19.1. The highest BCUT2D eigenvalue weighted by molar-refractivity contribution is 6.08. The van der Waals surface area contributed by atoms with E-state index < -0.39 is 5.82 Å². The minimum absolute atomic E-state index is 0.223. The molecule has 5 heteroatoms. The van der Waals surface area contributed by atoms with Crippen molar-refractivity contribution in [2.75, 3.05) is 23.8 Å². The number of anilines is 2. The second-order valence-electron chi connectivity index (χ2n) is 4.78. The Hall–Kier alpha value is -2.43. The van der Waals surface area contributed by atoms with E-state index >= 15 is 0 Å². The van der Waals surface area contributed by atoms with E-state index in [0.29, 0.717) is 12.4 Å². The molecule has 110 valence electrons. The van der Waals surface area contributed by atoms with E-state index in [4.69, 9.17) is 0 Å². The predicted octanol–water partition coefficient (Wildman–Crippen LogP) is 3.24. The number of benzene rings is 1. The van der Waals surface area contributed by atoms with Gasteiger partial charge in [0.05, 0.1) is 11.8 Å². The molecule has 0 bridgehead atoms. The SMILES string of the molecule is CCNc1ncc(F)cc1C(=O)N(C)c1cccc(C)c1. The van der Waals surface area contributed by atoms with Gasteiger partial charge < -0.3 is 10.2 Å². The van der Waals surface area contributed by atoms with Crippen molar-refractivity contribution in [1.82, 2.24) is 4.98 Å². The molecule has 0 radical (unpaired) electrons. The van der Waals surface area contributed by atoms with Crippen LogP contribution >= 0.6 is 0 Å². The molecule has 0 unspecified atom stereocenters. The molecule has 0 saturated carbocycles. The topological polar surface area (TPSA) is 45.2 Å². The van der Waals surface area contributed by atoms with Crippen LogP contribution < -0.4 is 10.2 Å². The number of hydrogen-bond donors (Lipinski definition) is 1. The normalized spacial score (nSPS) is 10.3. The van der Waals surface area contributed by atoms with Gasteiger partial charge in [0, 0.05) is 19.3 Å². The van der Waals surface area contributed by atoms with E-state index in [0.717, 1.165) is 17.4 Å². The van der Waals surface area contributed by atoms with E-state index in [-0.39, 0.29) is 11.5 Å². The lowest BCUT2D eigenvalue weighted by Crippen LogP contribution is -2.27. The van der Waals surface area contributed by atoms with Gasteiger partial charge in [-0.15, -0.1) is 0 Å². The molecule has 0 aliphatic carbocycles. The number of carbonyl (C=O) groups is 1. The van der Waals surface area contributed by atoms with E-state index in [9.17, 15) is 9.18 Å². The highest BCUT2D eigenvalue weighted by Crippen LogP contribution is 2.20. The van der Waals surface area contributed by atoms with Crippen molar-refractivity contribution in [2.45, 2.75) is 13.8 Å². The van der Waals surface area contributed by atoms with Gasteiger partial charge >= 0.3 is 0 Å². The molecule has 0 saturated heterocycles. The van der Waals surface area contributed by atoms with Crippen LogP contribution in [-0.4, -0.2) is 24.5 Å². The van der Waals surface area contributed by atoms with Gasteiger partial charge in [0.15, 0.2) is 0 Å². The third-order valence-electron chi connectivity index (χ3n) is 3.12. The number of amides is 1. The molecule has 0 aliphatic heterocycles. The van der Waals surface area contributed by atoms with Gasteiger partial charge in [-0.25, -0.2) is 9.37 Å². The Balaban J connectivity index is 2.37.